The van der Waals surface area contributed by atoms with E-state index in [4.69, 9.17) is 11.6 Å². The molecule has 0 aliphatic carbocycles. The Morgan fingerprint density at radius 3 is 2.59 bits per heavy atom. The minimum atomic E-state index is -4.41. The molecule has 0 bridgehead atoms. The van der Waals surface area contributed by atoms with Gasteiger partial charge in [-0.2, -0.15) is 13.2 Å². The lowest BCUT2D eigenvalue weighted by molar-refractivity contribution is -0.137. The minimum Gasteiger partial charge on any atom is -0.348 e. The first-order chi connectivity index (χ1) is 7.98. The van der Waals surface area contributed by atoms with Gasteiger partial charge in [-0.25, -0.2) is 0 Å². The van der Waals surface area contributed by atoms with Gasteiger partial charge in [-0.3, -0.25) is 0 Å². The molecular formula is C12H11ClF3N. The van der Waals surface area contributed by atoms with Gasteiger partial charge in [0.1, 0.15) is 0 Å². The average molecular weight is 262 g/mol. The van der Waals surface area contributed by atoms with Crippen molar-refractivity contribution in [3.05, 3.63) is 41.1 Å². The molecular weight excluding hydrogens is 251 g/mol. The van der Waals surface area contributed by atoms with Gasteiger partial charge in [-0.05, 0) is 31.0 Å². The van der Waals surface area contributed by atoms with Crippen molar-refractivity contribution in [1.29, 1.82) is 0 Å². The van der Waals surface area contributed by atoms with Crippen LogP contribution in [0.25, 0.3) is 0 Å². The van der Waals surface area contributed by atoms with E-state index in [0.29, 0.717) is 5.69 Å². The zero-order valence-corrected chi connectivity index (χ0v) is 9.72. The monoisotopic (exact) mass is 261 g/mol. The van der Waals surface area contributed by atoms with E-state index in [2.05, 4.69) is 0 Å². The van der Waals surface area contributed by atoms with Crippen molar-refractivity contribution in [2.45, 2.75) is 19.0 Å². The first-order valence-electron chi connectivity index (χ1n) is 5.28. The van der Waals surface area contributed by atoms with E-state index < -0.39 is 11.7 Å². The van der Waals surface area contributed by atoms with Gasteiger partial charge in [0.25, 0.3) is 0 Å². The van der Waals surface area contributed by atoms with E-state index in [-0.39, 0.29) is 5.02 Å². The molecule has 0 N–H and O–H groups in total. The molecule has 0 amide bonds. The Morgan fingerprint density at radius 1 is 1.24 bits per heavy atom. The molecule has 1 aliphatic heterocycles. The first kappa shape index (κ1) is 12.3. The van der Waals surface area contributed by atoms with Crippen LogP contribution >= 0.6 is 11.6 Å². The largest absolute Gasteiger partial charge is 0.417 e. The van der Waals surface area contributed by atoms with Crippen LogP contribution in [0.4, 0.5) is 18.9 Å². The third kappa shape index (κ3) is 2.75. The summed E-state index contributed by atoms with van der Waals surface area (Å²) in [4.78, 5) is 1.80. The van der Waals surface area contributed by atoms with E-state index >= 15 is 0 Å². The molecule has 5 heteroatoms. The Labute approximate surface area is 102 Å². The van der Waals surface area contributed by atoms with Crippen molar-refractivity contribution >= 4 is 17.3 Å². The van der Waals surface area contributed by atoms with Gasteiger partial charge in [0.2, 0.25) is 0 Å². The van der Waals surface area contributed by atoms with Crippen LogP contribution in [0.1, 0.15) is 18.4 Å². The fraction of sp³-hybridized carbons (Fsp3) is 0.333. The standard InChI is InChI=1S/C12H11ClF3N/c13-11-5-4-9(8-10(11)12(14,15)16)17-6-2-1-3-7-17/h2,4-6,8H,1,3,7H2. The summed E-state index contributed by atoms with van der Waals surface area (Å²) < 4.78 is 38.0. The second kappa shape index (κ2) is 4.61. The molecule has 0 aromatic heterocycles. The van der Waals surface area contributed by atoms with E-state index in [9.17, 15) is 13.2 Å². The summed E-state index contributed by atoms with van der Waals surface area (Å²) in [5.41, 5.74) is -0.256. The molecule has 1 aromatic rings. The highest BCUT2D eigenvalue weighted by molar-refractivity contribution is 6.31. The number of hydrogen-bond donors (Lipinski definition) is 0. The molecule has 1 aromatic carbocycles. The maximum Gasteiger partial charge on any atom is 0.417 e. The van der Waals surface area contributed by atoms with Gasteiger partial charge in [-0.15, -0.1) is 0 Å². The van der Waals surface area contributed by atoms with Crippen molar-refractivity contribution in [2.24, 2.45) is 0 Å². The molecule has 2 rings (SSSR count). The van der Waals surface area contributed by atoms with E-state index in [0.717, 1.165) is 25.5 Å². The fourth-order valence-electron chi connectivity index (χ4n) is 1.78. The summed E-state index contributed by atoms with van der Waals surface area (Å²) in [7, 11) is 0. The zero-order chi connectivity index (χ0) is 12.5. The number of allylic oxidation sites excluding steroid dienone is 1. The molecule has 0 spiro atoms. The topological polar surface area (TPSA) is 3.24 Å². The van der Waals surface area contributed by atoms with Gasteiger partial charge in [0.05, 0.1) is 10.6 Å². The minimum absolute atomic E-state index is 0.262. The van der Waals surface area contributed by atoms with Crippen LogP contribution in [0.3, 0.4) is 0 Å². The van der Waals surface area contributed by atoms with Crippen LogP contribution in [0.2, 0.25) is 5.02 Å². The Bertz CT molecular complexity index is 440. The molecule has 92 valence electrons. The van der Waals surface area contributed by atoms with Crippen LogP contribution in [0, 0.1) is 0 Å². The second-order valence-corrected chi connectivity index (χ2v) is 4.29. The van der Waals surface area contributed by atoms with Crippen molar-refractivity contribution < 1.29 is 13.2 Å². The quantitative estimate of drug-likeness (QED) is 0.721. The van der Waals surface area contributed by atoms with Gasteiger partial charge >= 0.3 is 6.18 Å². The third-order valence-electron chi connectivity index (χ3n) is 2.64. The molecule has 0 radical (unpaired) electrons. The highest BCUT2D eigenvalue weighted by Crippen LogP contribution is 2.37. The normalized spacial score (nSPS) is 16.4. The summed E-state index contributed by atoms with van der Waals surface area (Å²) >= 11 is 5.56. The zero-order valence-electron chi connectivity index (χ0n) is 8.97. The average Bonchev–Trinajstić information content (AvgIpc) is 2.29. The Kier molecular flexibility index (Phi) is 3.33. The SMILES string of the molecule is FC(F)(F)c1cc(N2C=CCCC2)ccc1Cl. The number of hydrogen-bond acceptors (Lipinski definition) is 1. The lowest BCUT2D eigenvalue weighted by Gasteiger charge is -2.24. The van der Waals surface area contributed by atoms with Crippen molar-refractivity contribution in [3.63, 3.8) is 0 Å². The third-order valence-corrected chi connectivity index (χ3v) is 2.97. The van der Waals surface area contributed by atoms with E-state index in [1.54, 1.807) is 11.0 Å². The van der Waals surface area contributed by atoms with Gasteiger partial charge in [-0.1, -0.05) is 17.7 Å². The Morgan fingerprint density at radius 2 is 2.00 bits per heavy atom. The van der Waals surface area contributed by atoms with Crippen LogP contribution in [-0.4, -0.2) is 6.54 Å². The summed E-state index contributed by atoms with van der Waals surface area (Å²) in [6, 6.07) is 3.99. The van der Waals surface area contributed by atoms with Crippen LogP contribution in [0.15, 0.2) is 30.5 Å². The predicted octanol–water partition coefficient (Wildman–Crippen LogP) is 4.47. The van der Waals surface area contributed by atoms with Crippen molar-refractivity contribution in [1.82, 2.24) is 0 Å². The number of benzene rings is 1. The lowest BCUT2D eigenvalue weighted by Crippen LogP contribution is -2.20. The lowest BCUT2D eigenvalue weighted by atomic mass is 10.1. The summed E-state index contributed by atoms with van der Waals surface area (Å²) in [5.74, 6) is 0. The highest BCUT2D eigenvalue weighted by atomic mass is 35.5. The fourth-order valence-corrected chi connectivity index (χ4v) is 2.00. The second-order valence-electron chi connectivity index (χ2n) is 3.88. The smallest absolute Gasteiger partial charge is 0.348 e. The van der Waals surface area contributed by atoms with Gasteiger partial charge in [0, 0.05) is 18.4 Å². The molecule has 1 nitrogen and oxygen atoms in total. The van der Waals surface area contributed by atoms with Gasteiger partial charge < -0.3 is 4.90 Å². The molecule has 0 unspecified atom stereocenters. The summed E-state index contributed by atoms with van der Waals surface area (Å²) in [6.07, 6.45) is 1.27. The highest BCUT2D eigenvalue weighted by Gasteiger charge is 2.33. The van der Waals surface area contributed by atoms with E-state index in [1.165, 1.54) is 6.07 Å². The van der Waals surface area contributed by atoms with Crippen LogP contribution in [-0.2, 0) is 6.18 Å². The number of halogens is 4. The Balaban J connectivity index is 2.37. The summed E-state index contributed by atoms with van der Waals surface area (Å²) in [6.45, 7) is 0.732. The molecule has 0 saturated heterocycles. The number of rotatable bonds is 1. The van der Waals surface area contributed by atoms with Gasteiger partial charge in [0.15, 0.2) is 0 Å². The number of nitrogens with zero attached hydrogens (tertiary/aromatic N) is 1. The maximum absolute atomic E-state index is 12.7. The molecule has 0 atom stereocenters. The number of anilines is 1. The molecule has 1 heterocycles. The maximum atomic E-state index is 12.7. The van der Waals surface area contributed by atoms with Crippen molar-refractivity contribution in [3.8, 4) is 0 Å². The van der Waals surface area contributed by atoms with Crippen LogP contribution < -0.4 is 4.90 Å². The Hall–Kier alpha value is -1.16. The predicted molar refractivity (Wildman–Crippen MR) is 62.2 cm³/mol. The number of alkyl halides is 3. The molecule has 17 heavy (non-hydrogen) atoms. The first-order valence-corrected chi connectivity index (χ1v) is 5.66. The molecule has 0 saturated carbocycles. The van der Waals surface area contributed by atoms with E-state index in [1.807, 2.05) is 12.3 Å². The molecule has 1 aliphatic rings. The van der Waals surface area contributed by atoms with Crippen LogP contribution in [0.5, 0.6) is 0 Å². The summed E-state index contributed by atoms with van der Waals surface area (Å²) in [5, 5.41) is -0.262. The van der Waals surface area contributed by atoms with Crippen molar-refractivity contribution in [2.75, 3.05) is 11.4 Å². The molecule has 0 fully saturated rings.